The monoisotopic (exact) mass is 211 g/mol. The molecular formula is C10H13NS2. The second-order valence-electron chi connectivity index (χ2n) is 3.48. The summed E-state index contributed by atoms with van der Waals surface area (Å²) in [7, 11) is 2.01. The van der Waals surface area contributed by atoms with Gasteiger partial charge in [0.25, 0.3) is 0 Å². The zero-order valence-electron chi connectivity index (χ0n) is 7.75. The molecule has 3 heteroatoms. The Bertz CT molecular complexity index is 293. The van der Waals surface area contributed by atoms with Crippen LogP contribution < -0.4 is 0 Å². The van der Waals surface area contributed by atoms with E-state index in [9.17, 15) is 0 Å². The number of fused-ring (bicyclic) bond motifs is 1. The number of nitrogens with zero attached hydrogens (tertiary/aromatic N) is 1. The average molecular weight is 211 g/mol. The highest BCUT2D eigenvalue weighted by atomic mass is 32.2. The van der Waals surface area contributed by atoms with Gasteiger partial charge in [-0.2, -0.15) is 0 Å². The van der Waals surface area contributed by atoms with Crippen LogP contribution in [0.25, 0.3) is 0 Å². The lowest BCUT2D eigenvalue weighted by molar-refractivity contribution is 0.568. The molecule has 1 fully saturated rings. The Balaban J connectivity index is 2.32. The van der Waals surface area contributed by atoms with Crippen LogP contribution >= 0.6 is 24.0 Å². The number of hydrogen-bond donors (Lipinski definition) is 0. The number of thioether (sulfide) groups is 1. The molecule has 1 nitrogen and oxygen atoms in total. The van der Waals surface area contributed by atoms with Gasteiger partial charge in [0.15, 0.2) is 0 Å². The van der Waals surface area contributed by atoms with Gasteiger partial charge in [-0.05, 0) is 29.6 Å². The van der Waals surface area contributed by atoms with Crippen molar-refractivity contribution in [2.24, 2.45) is 5.92 Å². The second-order valence-corrected chi connectivity index (χ2v) is 5.07. The second kappa shape index (κ2) is 3.46. The van der Waals surface area contributed by atoms with Gasteiger partial charge < -0.3 is 4.90 Å². The molecule has 2 aliphatic rings. The van der Waals surface area contributed by atoms with E-state index in [0.29, 0.717) is 5.92 Å². The Kier molecular flexibility index (Phi) is 2.47. The molecule has 1 atom stereocenters. The number of allylic oxidation sites excluding steroid dienone is 1. The largest absolute Gasteiger partial charge is 0.339 e. The highest BCUT2D eigenvalue weighted by Gasteiger charge is 2.29. The van der Waals surface area contributed by atoms with Crippen molar-refractivity contribution >= 4 is 29.0 Å². The maximum absolute atomic E-state index is 5.41. The normalized spacial score (nSPS) is 28.5. The van der Waals surface area contributed by atoms with Crippen LogP contribution in [0.5, 0.6) is 0 Å². The van der Waals surface area contributed by atoms with E-state index in [1.807, 2.05) is 23.7 Å². The molecule has 0 bridgehead atoms. The molecule has 2 rings (SSSR count). The fourth-order valence-electron chi connectivity index (χ4n) is 1.74. The van der Waals surface area contributed by atoms with Crippen molar-refractivity contribution in [3.63, 3.8) is 0 Å². The molecule has 0 aromatic heterocycles. The molecule has 0 amide bonds. The summed E-state index contributed by atoms with van der Waals surface area (Å²) in [5.74, 6) is 1.74. The summed E-state index contributed by atoms with van der Waals surface area (Å²) in [6, 6.07) is 0. The predicted octanol–water partition coefficient (Wildman–Crippen LogP) is 2.80. The quantitative estimate of drug-likeness (QED) is 0.567. The van der Waals surface area contributed by atoms with E-state index in [0.717, 1.165) is 10.7 Å². The van der Waals surface area contributed by atoms with Crippen LogP contribution in [-0.2, 0) is 0 Å². The van der Waals surface area contributed by atoms with Crippen molar-refractivity contribution in [2.75, 3.05) is 12.8 Å². The number of likely N-dealkylation sites (N-methyl/N-ethyl adjacent to an activating group) is 1. The first-order valence-electron chi connectivity index (χ1n) is 4.51. The van der Waals surface area contributed by atoms with Gasteiger partial charge in [0.1, 0.15) is 0 Å². The van der Waals surface area contributed by atoms with Gasteiger partial charge in [0.2, 0.25) is 0 Å². The van der Waals surface area contributed by atoms with Gasteiger partial charge in [-0.25, -0.2) is 0 Å². The van der Waals surface area contributed by atoms with E-state index < -0.39 is 0 Å². The summed E-state index contributed by atoms with van der Waals surface area (Å²) in [6.07, 6.45) is 4.69. The van der Waals surface area contributed by atoms with E-state index >= 15 is 0 Å². The molecule has 70 valence electrons. The van der Waals surface area contributed by atoms with E-state index in [1.54, 1.807) is 0 Å². The number of thiocarbonyl (C=S) groups is 1. The molecule has 0 radical (unpaired) electrons. The van der Waals surface area contributed by atoms with E-state index in [-0.39, 0.29) is 0 Å². The van der Waals surface area contributed by atoms with Crippen molar-refractivity contribution in [3.8, 4) is 0 Å². The highest BCUT2D eigenvalue weighted by Crippen LogP contribution is 2.39. The first-order valence-corrected chi connectivity index (χ1v) is 5.90. The molecule has 2 aliphatic heterocycles. The molecule has 0 aromatic carbocycles. The molecule has 0 aromatic rings. The summed E-state index contributed by atoms with van der Waals surface area (Å²) >= 11 is 7.36. The van der Waals surface area contributed by atoms with Crippen LogP contribution in [0.4, 0.5) is 0 Å². The minimum atomic E-state index is 0.504. The van der Waals surface area contributed by atoms with Crippen molar-refractivity contribution in [2.45, 2.75) is 12.8 Å². The molecule has 0 aliphatic carbocycles. The van der Waals surface area contributed by atoms with Crippen LogP contribution in [0.3, 0.4) is 0 Å². The van der Waals surface area contributed by atoms with E-state index in [2.05, 4.69) is 12.7 Å². The van der Waals surface area contributed by atoms with Crippen molar-refractivity contribution in [1.82, 2.24) is 4.90 Å². The smallest absolute Gasteiger partial charge is 0.0902 e. The third-order valence-electron chi connectivity index (χ3n) is 2.62. The number of rotatable bonds is 0. The van der Waals surface area contributed by atoms with Gasteiger partial charge in [-0.3, -0.25) is 0 Å². The first kappa shape index (κ1) is 9.28. The zero-order chi connectivity index (χ0) is 9.42. The van der Waals surface area contributed by atoms with Crippen LogP contribution in [0.1, 0.15) is 12.8 Å². The molecule has 2 heterocycles. The molecule has 0 N–H and O–H groups in total. The van der Waals surface area contributed by atoms with Gasteiger partial charge in [-0.1, -0.05) is 18.8 Å². The standard InChI is InChI=1S/C10H13NS2/c1-7-6-9-8(4-3-5-13-9)10(12)11(7)2/h6,8H,1,3-5H2,2H3. The lowest BCUT2D eigenvalue weighted by Gasteiger charge is -2.35. The fourth-order valence-corrected chi connectivity index (χ4v) is 3.38. The maximum Gasteiger partial charge on any atom is 0.0902 e. The Morgan fingerprint density at radius 3 is 3.23 bits per heavy atom. The fraction of sp³-hybridized carbons (Fsp3) is 0.500. The maximum atomic E-state index is 5.41. The minimum absolute atomic E-state index is 0.504. The SMILES string of the molecule is C=C1C=C2SCCCC2C(=S)N1C. The molecule has 1 unspecified atom stereocenters. The topological polar surface area (TPSA) is 3.24 Å². The first-order chi connectivity index (χ1) is 6.20. The molecule has 0 saturated carbocycles. The Hall–Kier alpha value is -0.280. The molecular weight excluding hydrogens is 198 g/mol. The van der Waals surface area contributed by atoms with Crippen molar-refractivity contribution in [1.29, 1.82) is 0 Å². The lowest BCUT2D eigenvalue weighted by atomic mass is 9.98. The minimum Gasteiger partial charge on any atom is -0.339 e. The third-order valence-corrected chi connectivity index (χ3v) is 4.40. The Morgan fingerprint density at radius 1 is 1.69 bits per heavy atom. The highest BCUT2D eigenvalue weighted by molar-refractivity contribution is 8.03. The summed E-state index contributed by atoms with van der Waals surface area (Å²) in [6.45, 7) is 3.99. The van der Waals surface area contributed by atoms with Crippen LogP contribution in [0, 0.1) is 5.92 Å². The predicted molar refractivity (Wildman–Crippen MR) is 62.8 cm³/mol. The van der Waals surface area contributed by atoms with Crippen molar-refractivity contribution < 1.29 is 0 Å². The van der Waals surface area contributed by atoms with Crippen molar-refractivity contribution in [3.05, 3.63) is 23.3 Å². The molecule has 13 heavy (non-hydrogen) atoms. The summed E-state index contributed by atoms with van der Waals surface area (Å²) in [5, 5.41) is 0. The summed E-state index contributed by atoms with van der Waals surface area (Å²) in [4.78, 5) is 4.52. The van der Waals surface area contributed by atoms with Crippen LogP contribution in [-0.4, -0.2) is 22.7 Å². The summed E-state index contributed by atoms with van der Waals surface area (Å²) in [5.41, 5.74) is 1.03. The van der Waals surface area contributed by atoms with E-state index in [4.69, 9.17) is 12.2 Å². The number of hydrogen-bond acceptors (Lipinski definition) is 2. The van der Waals surface area contributed by atoms with Gasteiger partial charge in [-0.15, -0.1) is 11.8 Å². The van der Waals surface area contributed by atoms with E-state index in [1.165, 1.54) is 23.5 Å². The van der Waals surface area contributed by atoms with Gasteiger partial charge >= 0.3 is 0 Å². The summed E-state index contributed by atoms with van der Waals surface area (Å²) < 4.78 is 0. The van der Waals surface area contributed by atoms with Gasteiger partial charge in [0.05, 0.1) is 4.99 Å². The molecule has 1 saturated heterocycles. The van der Waals surface area contributed by atoms with Gasteiger partial charge in [0, 0.05) is 18.7 Å². The average Bonchev–Trinajstić information content (AvgIpc) is 2.15. The Morgan fingerprint density at radius 2 is 2.46 bits per heavy atom. The lowest BCUT2D eigenvalue weighted by Crippen LogP contribution is -2.35. The third kappa shape index (κ3) is 1.55. The van der Waals surface area contributed by atoms with Crippen LogP contribution in [0.2, 0.25) is 0 Å². The Labute approximate surface area is 88.9 Å². The molecule has 0 spiro atoms. The zero-order valence-corrected chi connectivity index (χ0v) is 9.38. The van der Waals surface area contributed by atoms with Crippen LogP contribution in [0.15, 0.2) is 23.3 Å².